The zero-order chi connectivity index (χ0) is 23.0. The first-order valence-corrected chi connectivity index (χ1v) is 11.7. The number of ether oxygens (including phenoxy) is 2. The van der Waals surface area contributed by atoms with Crippen LogP contribution in [0.25, 0.3) is 10.4 Å². The van der Waals surface area contributed by atoms with Crippen molar-refractivity contribution in [1.29, 1.82) is 0 Å². The van der Waals surface area contributed by atoms with Gasteiger partial charge in [0.05, 0.1) is 12.3 Å². The number of benzene rings is 1. The molecule has 0 spiro atoms. The van der Waals surface area contributed by atoms with Gasteiger partial charge in [0.2, 0.25) is 0 Å². The SMILES string of the molecule is CCOC(=O)c1c(-c2cccs2)csc1NC(=O)C1(C)Oc2ccc(C)cc2N(C)C1=O. The third kappa shape index (κ3) is 3.67. The molecule has 166 valence electrons. The number of nitrogens with zero attached hydrogens (tertiary/aromatic N) is 1. The lowest BCUT2D eigenvalue weighted by atomic mass is 9.99. The van der Waals surface area contributed by atoms with Gasteiger partial charge in [0, 0.05) is 22.9 Å². The number of nitrogens with one attached hydrogen (secondary N) is 1. The zero-order valence-electron chi connectivity index (χ0n) is 18.1. The van der Waals surface area contributed by atoms with Gasteiger partial charge in [-0.3, -0.25) is 9.59 Å². The predicted molar refractivity (Wildman–Crippen MR) is 126 cm³/mol. The molecule has 0 radical (unpaired) electrons. The lowest BCUT2D eigenvalue weighted by molar-refractivity contribution is -0.144. The maximum Gasteiger partial charge on any atom is 0.341 e. The third-order valence-corrected chi connectivity index (χ3v) is 7.02. The molecule has 1 aromatic carbocycles. The van der Waals surface area contributed by atoms with Crippen LogP contribution in [0.2, 0.25) is 0 Å². The summed E-state index contributed by atoms with van der Waals surface area (Å²) in [6, 6.07) is 9.20. The molecular formula is C23H22N2O5S2. The molecule has 0 aliphatic carbocycles. The van der Waals surface area contributed by atoms with E-state index in [4.69, 9.17) is 9.47 Å². The van der Waals surface area contributed by atoms with Crippen molar-refractivity contribution in [3.05, 3.63) is 52.2 Å². The third-order valence-electron chi connectivity index (χ3n) is 5.22. The minimum absolute atomic E-state index is 0.201. The maximum atomic E-state index is 13.3. The van der Waals surface area contributed by atoms with Crippen LogP contribution in [0.1, 0.15) is 29.8 Å². The number of fused-ring (bicyclic) bond motifs is 1. The lowest BCUT2D eigenvalue weighted by Gasteiger charge is -2.38. The van der Waals surface area contributed by atoms with E-state index in [9.17, 15) is 14.4 Å². The first kappa shape index (κ1) is 22.0. The number of carbonyl (C=O) groups excluding carboxylic acids is 3. The quantitative estimate of drug-likeness (QED) is 0.431. The minimum atomic E-state index is -1.80. The monoisotopic (exact) mass is 470 g/mol. The number of anilines is 2. The van der Waals surface area contributed by atoms with E-state index in [0.29, 0.717) is 22.0 Å². The van der Waals surface area contributed by atoms with Gasteiger partial charge in [-0.2, -0.15) is 0 Å². The highest BCUT2D eigenvalue weighted by molar-refractivity contribution is 7.17. The van der Waals surface area contributed by atoms with Crippen LogP contribution < -0.4 is 15.0 Å². The van der Waals surface area contributed by atoms with E-state index in [-0.39, 0.29) is 12.2 Å². The molecule has 0 saturated heterocycles. The van der Waals surface area contributed by atoms with Gasteiger partial charge < -0.3 is 19.7 Å². The van der Waals surface area contributed by atoms with Crippen molar-refractivity contribution in [2.75, 3.05) is 23.9 Å². The van der Waals surface area contributed by atoms with Crippen LogP contribution in [-0.2, 0) is 14.3 Å². The van der Waals surface area contributed by atoms with E-state index in [1.165, 1.54) is 34.5 Å². The van der Waals surface area contributed by atoms with Crippen molar-refractivity contribution in [2.45, 2.75) is 26.4 Å². The van der Waals surface area contributed by atoms with Crippen LogP contribution >= 0.6 is 22.7 Å². The highest BCUT2D eigenvalue weighted by Crippen LogP contribution is 2.41. The predicted octanol–water partition coefficient (Wildman–Crippen LogP) is 4.71. The molecule has 32 heavy (non-hydrogen) atoms. The number of likely N-dealkylation sites (N-methyl/N-ethyl adjacent to an activating group) is 1. The summed E-state index contributed by atoms with van der Waals surface area (Å²) in [6.07, 6.45) is 0. The van der Waals surface area contributed by atoms with Gasteiger partial charge in [-0.05, 0) is 49.9 Å². The molecule has 3 aromatic rings. The number of rotatable bonds is 5. The summed E-state index contributed by atoms with van der Waals surface area (Å²) in [5.74, 6) is -1.26. The van der Waals surface area contributed by atoms with Crippen molar-refractivity contribution in [2.24, 2.45) is 0 Å². The molecule has 0 saturated carbocycles. The molecule has 2 aromatic heterocycles. The molecule has 3 heterocycles. The largest absolute Gasteiger partial charge is 0.465 e. The standard InChI is InChI=1S/C23H22N2O5S2/c1-5-29-20(26)18-14(17-7-6-10-31-17)12-32-19(18)24-21(27)23(3)22(28)25(4)15-11-13(2)8-9-16(15)30-23/h6-12H,5H2,1-4H3,(H,24,27). The van der Waals surface area contributed by atoms with Crippen LogP contribution in [0.5, 0.6) is 5.75 Å². The summed E-state index contributed by atoms with van der Waals surface area (Å²) < 4.78 is 11.1. The van der Waals surface area contributed by atoms with Gasteiger partial charge in [-0.25, -0.2) is 4.79 Å². The lowest BCUT2D eigenvalue weighted by Crippen LogP contribution is -2.59. The Morgan fingerprint density at radius 3 is 2.72 bits per heavy atom. The molecule has 0 fully saturated rings. The second-order valence-corrected chi connectivity index (χ2v) is 9.30. The Morgan fingerprint density at radius 1 is 1.25 bits per heavy atom. The van der Waals surface area contributed by atoms with Gasteiger partial charge in [0.15, 0.2) is 0 Å². The van der Waals surface area contributed by atoms with E-state index in [2.05, 4.69) is 5.32 Å². The second-order valence-electron chi connectivity index (χ2n) is 7.48. The van der Waals surface area contributed by atoms with Crippen molar-refractivity contribution in [3.8, 4) is 16.2 Å². The number of hydrogen-bond acceptors (Lipinski definition) is 7. The van der Waals surface area contributed by atoms with Gasteiger partial charge in [-0.1, -0.05) is 12.1 Å². The normalized spacial score (nSPS) is 17.5. The summed E-state index contributed by atoms with van der Waals surface area (Å²) in [7, 11) is 1.61. The van der Waals surface area contributed by atoms with Crippen molar-refractivity contribution < 1.29 is 23.9 Å². The number of thiophene rings is 2. The molecular weight excluding hydrogens is 448 g/mol. The fraction of sp³-hybridized carbons (Fsp3) is 0.261. The van der Waals surface area contributed by atoms with Crippen LogP contribution in [0.3, 0.4) is 0 Å². The smallest absolute Gasteiger partial charge is 0.341 e. The topological polar surface area (TPSA) is 84.9 Å². The molecule has 9 heteroatoms. The van der Waals surface area contributed by atoms with Gasteiger partial charge >= 0.3 is 5.97 Å². The van der Waals surface area contributed by atoms with E-state index >= 15 is 0 Å². The van der Waals surface area contributed by atoms with E-state index in [1.807, 2.05) is 36.6 Å². The molecule has 4 rings (SSSR count). The Labute approximate surface area is 193 Å². The number of esters is 1. The fourth-order valence-corrected chi connectivity index (χ4v) is 5.27. The van der Waals surface area contributed by atoms with Crippen molar-refractivity contribution in [1.82, 2.24) is 0 Å². The number of hydrogen-bond donors (Lipinski definition) is 1. The summed E-state index contributed by atoms with van der Waals surface area (Å²) >= 11 is 2.68. The Hall–Kier alpha value is -3.17. The molecule has 1 atom stereocenters. The Kier molecular flexibility index (Phi) is 5.79. The first-order valence-electron chi connectivity index (χ1n) is 9.98. The molecule has 2 amide bonds. The maximum absolute atomic E-state index is 13.3. The van der Waals surface area contributed by atoms with Gasteiger partial charge in [0.25, 0.3) is 17.4 Å². The van der Waals surface area contributed by atoms with E-state index in [0.717, 1.165) is 10.4 Å². The minimum Gasteiger partial charge on any atom is -0.465 e. The summed E-state index contributed by atoms with van der Waals surface area (Å²) in [5, 5.41) is 6.76. The van der Waals surface area contributed by atoms with E-state index < -0.39 is 23.4 Å². The summed E-state index contributed by atoms with van der Waals surface area (Å²) in [6.45, 7) is 5.27. The highest BCUT2D eigenvalue weighted by Gasteiger charge is 2.50. The average molecular weight is 471 g/mol. The van der Waals surface area contributed by atoms with Crippen molar-refractivity contribution >= 4 is 51.1 Å². The molecule has 0 bridgehead atoms. The summed E-state index contributed by atoms with van der Waals surface area (Å²) in [5.41, 5.74) is 0.722. The fourth-order valence-electron chi connectivity index (χ4n) is 3.50. The summed E-state index contributed by atoms with van der Waals surface area (Å²) in [4.78, 5) is 41.5. The number of carbonyl (C=O) groups is 3. The molecule has 1 N–H and O–H groups in total. The molecule has 1 aliphatic heterocycles. The van der Waals surface area contributed by atoms with E-state index in [1.54, 1.807) is 25.4 Å². The molecule has 1 unspecified atom stereocenters. The van der Waals surface area contributed by atoms with Crippen LogP contribution in [0.4, 0.5) is 10.7 Å². The average Bonchev–Trinajstić information content (AvgIpc) is 3.43. The molecule has 7 nitrogen and oxygen atoms in total. The Balaban J connectivity index is 1.69. The van der Waals surface area contributed by atoms with Crippen LogP contribution in [0.15, 0.2) is 41.1 Å². The first-order chi connectivity index (χ1) is 15.3. The Bertz CT molecular complexity index is 1200. The Morgan fingerprint density at radius 2 is 2.03 bits per heavy atom. The highest BCUT2D eigenvalue weighted by atomic mass is 32.1. The number of amides is 2. The van der Waals surface area contributed by atoms with Crippen molar-refractivity contribution in [3.63, 3.8) is 0 Å². The number of aryl methyl sites for hydroxylation is 1. The second kappa shape index (κ2) is 8.40. The van der Waals surface area contributed by atoms with Crippen LogP contribution in [0, 0.1) is 6.92 Å². The van der Waals surface area contributed by atoms with Gasteiger partial charge in [-0.15, -0.1) is 22.7 Å². The van der Waals surface area contributed by atoms with Crippen LogP contribution in [-0.4, -0.2) is 37.0 Å². The van der Waals surface area contributed by atoms with Gasteiger partial charge in [0.1, 0.15) is 16.3 Å². The zero-order valence-corrected chi connectivity index (χ0v) is 19.7. The molecule has 1 aliphatic rings.